The molecule has 0 aromatic heterocycles. The molecule has 0 N–H and O–H groups in total. The average Bonchev–Trinajstić information content (AvgIpc) is 2.01. The van der Waals surface area contributed by atoms with E-state index in [4.69, 9.17) is 4.74 Å². The second-order valence-electron chi connectivity index (χ2n) is 5.09. The van der Waals surface area contributed by atoms with Gasteiger partial charge in [-0.25, -0.2) is 0 Å². The molecule has 14 heavy (non-hydrogen) atoms. The SMILES string of the molecule is CC(=O)OC1=CC([Si](C)(C)C)CCC1. The molecule has 2 nitrogen and oxygen atoms in total. The summed E-state index contributed by atoms with van der Waals surface area (Å²) in [5, 5.41) is 0. The summed E-state index contributed by atoms with van der Waals surface area (Å²) in [6.07, 6.45) is 5.55. The van der Waals surface area contributed by atoms with Crippen LogP contribution in [0.15, 0.2) is 11.8 Å². The molecule has 0 aromatic rings. The molecule has 0 bridgehead atoms. The van der Waals surface area contributed by atoms with Gasteiger partial charge in [-0.15, -0.1) is 0 Å². The molecule has 0 radical (unpaired) electrons. The first-order valence-electron chi connectivity index (χ1n) is 5.28. The van der Waals surface area contributed by atoms with Crippen LogP contribution < -0.4 is 0 Å². The third-order valence-electron chi connectivity index (χ3n) is 2.71. The zero-order chi connectivity index (χ0) is 10.8. The average molecular weight is 212 g/mol. The molecule has 1 unspecified atom stereocenters. The van der Waals surface area contributed by atoms with Crippen molar-refractivity contribution in [3.8, 4) is 0 Å². The van der Waals surface area contributed by atoms with E-state index in [9.17, 15) is 4.79 Å². The highest BCUT2D eigenvalue weighted by molar-refractivity contribution is 6.78. The molecule has 0 aliphatic heterocycles. The third-order valence-corrected chi connectivity index (χ3v) is 5.39. The third kappa shape index (κ3) is 3.29. The molecule has 3 heteroatoms. The van der Waals surface area contributed by atoms with Crippen LogP contribution in [0.3, 0.4) is 0 Å². The number of ether oxygens (including phenoxy) is 1. The Balaban J connectivity index is 2.69. The molecule has 0 saturated carbocycles. The minimum absolute atomic E-state index is 0.188. The summed E-state index contributed by atoms with van der Waals surface area (Å²) < 4.78 is 5.16. The largest absolute Gasteiger partial charge is 0.432 e. The maximum Gasteiger partial charge on any atom is 0.307 e. The predicted octanol–water partition coefficient (Wildman–Crippen LogP) is 3.33. The summed E-state index contributed by atoms with van der Waals surface area (Å²) in [5.74, 6) is 0.712. The molecule has 1 aliphatic rings. The second kappa shape index (κ2) is 4.30. The topological polar surface area (TPSA) is 26.3 Å². The lowest BCUT2D eigenvalue weighted by Gasteiger charge is -2.30. The zero-order valence-corrected chi connectivity index (χ0v) is 10.6. The van der Waals surface area contributed by atoms with E-state index >= 15 is 0 Å². The molecule has 0 spiro atoms. The first kappa shape index (κ1) is 11.5. The molecular formula is C11H20O2Si. The van der Waals surface area contributed by atoms with E-state index in [1.807, 2.05) is 0 Å². The summed E-state index contributed by atoms with van der Waals surface area (Å²) >= 11 is 0. The quantitative estimate of drug-likeness (QED) is 0.518. The minimum Gasteiger partial charge on any atom is -0.432 e. The van der Waals surface area contributed by atoms with Crippen LogP contribution in [0.5, 0.6) is 0 Å². The Hall–Kier alpha value is -0.573. The van der Waals surface area contributed by atoms with Gasteiger partial charge in [0.05, 0.1) is 8.07 Å². The Morgan fingerprint density at radius 1 is 1.50 bits per heavy atom. The van der Waals surface area contributed by atoms with Crippen LogP contribution in [0.2, 0.25) is 25.2 Å². The molecule has 0 saturated heterocycles. The van der Waals surface area contributed by atoms with Gasteiger partial charge in [-0.2, -0.15) is 0 Å². The van der Waals surface area contributed by atoms with Crippen LogP contribution in [0, 0.1) is 0 Å². The first-order chi connectivity index (χ1) is 6.39. The van der Waals surface area contributed by atoms with Gasteiger partial charge in [0.1, 0.15) is 5.76 Å². The Bertz CT molecular complexity index is 251. The van der Waals surface area contributed by atoms with Gasteiger partial charge in [0.15, 0.2) is 0 Å². The number of hydrogen-bond donors (Lipinski definition) is 0. The number of allylic oxidation sites excluding steroid dienone is 2. The monoisotopic (exact) mass is 212 g/mol. The second-order valence-corrected chi connectivity index (χ2v) is 10.6. The van der Waals surface area contributed by atoms with Crippen LogP contribution in [0.4, 0.5) is 0 Å². The smallest absolute Gasteiger partial charge is 0.307 e. The molecule has 0 amide bonds. The number of esters is 1. The van der Waals surface area contributed by atoms with Gasteiger partial charge in [0, 0.05) is 13.3 Å². The molecule has 1 atom stereocenters. The van der Waals surface area contributed by atoms with Crippen LogP contribution in [-0.4, -0.2) is 14.0 Å². The Labute approximate surface area is 87.3 Å². The fraction of sp³-hybridized carbons (Fsp3) is 0.727. The summed E-state index contributed by atoms with van der Waals surface area (Å²) in [5.41, 5.74) is 0.672. The van der Waals surface area contributed by atoms with E-state index in [0.29, 0.717) is 5.54 Å². The number of hydrogen-bond acceptors (Lipinski definition) is 2. The van der Waals surface area contributed by atoms with E-state index in [0.717, 1.165) is 18.6 Å². The van der Waals surface area contributed by atoms with Crippen LogP contribution in [0.1, 0.15) is 26.2 Å². The van der Waals surface area contributed by atoms with Crippen molar-refractivity contribution in [3.63, 3.8) is 0 Å². The van der Waals surface area contributed by atoms with Crippen molar-refractivity contribution >= 4 is 14.0 Å². The van der Waals surface area contributed by atoms with E-state index in [1.165, 1.54) is 13.3 Å². The molecular weight excluding hydrogens is 192 g/mol. The minimum atomic E-state index is -1.12. The summed E-state index contributed by atoms with van der Waals surface area (Å²) in [4.78, 5) is 10.8. The molecule has 0 heterocycles. The predicted molar refractivity (Wildman–Crippen MR) is 60.8 cm³/mol. The molecule has 1 aliphatic carbocycles. The maximum absolute atomic E-state index is 10.8. The van der Waals surface area contributed by atoms with Crippen LogP contribution in [-0.2, 0) is 9.53 Å². The van der Waals surface area contributed by atoms with Gasteiger partial charge in [0.25, 0.3) is 0 Å². The Morgan fingerprint density at radius 2 is 2.14 bits per heavy atom. The summed E-state index contributed by atoms with van der Waals surface area (Å²) in [6.45, 7) is 8.57. The van der Waals surface area contributed by atoms with Crippen molar-refractivity contribution in [2.75, 3.05) is 0 Å². The lowest BCUT2D eigenvalue weighted by Crippen LogP contribution is -2.28. The fourth-order valence-electron chi connectivity index (χ4n) is 1.84. The van der Waals surface area contributed by atoms with Gasteiger partial charge in [0.2, 0.25) is 0 Å². The summed E-state index contributed by atoms with van der Waals surface area (Å²) in [6, 6.07) is 0. The van der Waals surface area contributed by atoms with Crippen molar-refractivity contribution in [3.05, 3.63) is 11.8 Å². The van der Waals surface area contributed by atoms with Crippen molar-refractivity contribution in [2.45, 2.75) is 51.4 Å². The fourth-order valence-corrected chi connectivity index (χ4v) is 3.60. The molecule has 1 rings (SSSR count). The van der Waals surface area contributed by atoms with Gasteiger partial charge >= 0.3 is 5.97 Å². The van der Waals surface area contributed by atoms with Crippen molar-refractivity contribution < 1.29 is 9.53 Å². The Kier molecular flexibility index (Phi) is 3.53. The normalized spacial score (nSPS) is 22.9. The van der Waals surface area contributed by atoms with Gasteiger partial charge in [-0.1, -0.05) is 19.6 Å². The summed E-state index contributed by atoms with van der Waals surface area (Å²) in [7, 11) is -1.12. The lowest BCUT2D eigenvalue weighted by atomic mass is 10.1. The van der Waals surface area contributed by atoms with E-state index < -0.39 is 8.07 Å². The zero-order valence-electron chi connectivity index (χ0n) is 9.59. The number of carbonyl (C=O) groups excluding carboxylic acids is 1. The van der Waals surface area contributed by atoms with Crippen molar-refractivity contribution in [1.82, 2.24) is 0 Å². The van der Waals surface area contributed by atoms with Gasteiger partial charge in [-0.05, 0) is 24.5 Å². The number of carbonyl (C=O) groups is 1. The Morgan fingerprint density at radius 3 is 2.64 bits per heavy atom. The van der Waals surface area contributed by atoms with E-state index in [2.05, 4.69) is 25.7 Å². The lowest BCUT2D eigenvalue weighted by molar-refractivity contribution is -0.137. The highest BCUT2D eigenvalue weighted by Gasteiger charge is 2.27. The number of rotatable bonds is 2. The standard InChI is InChI=1S/C11H20O2Si/c1-9(12)13-10-6-5-7-11(8-10)14(2,3)4/h8,11H,5-7H2,1-4H3. The molecule has 0 fully saturated rings. The first-order valence-corrected chi connectivity index (χ1v) is 8.86. The molecule has 80 valence electrons. The van der Waals surface area contributed by atoms with Gasteiger partial charge < -0.3 is 4.74 Å². The van der Waals surface area contributed by atoms with Crippen molar-refractivity contribution in [2.24, 2.45) is 0 Å². The van der Waals surface area contributed by atoms with Crippen LogP contribution in [0.25, 0.3) is 0 Å². The highest BCUT2D eigenvalue weighted by atomic mass is 28.3. The van der Waals surface area contributed by atoms with Crippen molar-refractivity contribution in [1.29, 1.82) is 0 Å². The molecule has 0 aromatic carbocycles. The maximum atomic E-state index is 10.8. The van der Waals surface area contributed by atoms with Crippen LogP contribution >= 0.6 is 0 Å². The highest BCUT2D eigenvalue weighted by Crippen LogP contribution is 2.35. The van der Waals surface area contributed by atoms with E-state index in [-0.39, 0.29) is 5.97 Å². The van der Waals surface area contributed by atoms with E-state index in [1.54, 1.807) is 0 Å². The van der Waals surface area contributed by atoms with Gasteiger partial charge in [-0.3, -0.25) is 4.79 Å².